The predicted octanol–water partition coefficient (Wildman–Crippen LogP) is 10.2. The van der Waals surface area contributed by atoms with Crippen molar-refractivity contribution in [1.29, 1.82) is 0 Å². The van der Waals surface area contributed by atoms with Gasteiger partial charge >= 0.3 is 8.80 Å². The zero-order valence-corrected chi connectivity index (χ0v) is 33.0. The van der Waals surface area contributed by atoms with E-state index in [4.69, 9.17) is 29.1 Å². The number of thioether (sulfide) groups is 1. The number of amidine groups is 2. The second kappa shape index (κ2) is 29.4. The Kier molecular flexibility index (Phi) is 27.8. The Morgan fingerprint density at radius 2 is 1.11 bits per heavy atom. The predicted molar refractivity (Wildman–Crippen MR) is 204 cm³/mol. The van der Waals surface area contributed by atoms with E-state index < -0.39 is 8.80 Å². The van der Waals surface area contributed by atoms with E-state index in [9.17, 15) is 0 Å². The SMILES string of the molecule is CCCCCCCCSC1=NC(N(CCCCCCCC)CCCCCCCC)N(N)C(CCC[Si](OCC)(OCC)OCC)=N1. The lowest BCUT2D eigenvalue weighted by atomic mass is 10.1. The zero-order valence-electron chi connectivity index (χ0n) is 31.2. The number of nitrogens with zero attached hydrogens (tertiary/aromatic N) is 4. The highest BCUT2D eigenvalue weighted by molar-refractivity contribution is 8.13. The van der Waals surface area contributed by atoms with E-state index in [-0.39, 0.29) is 6.29 Å². The molecule has 1 heterocycles. The van der Waals surface area contributed by atoms with Crippen LogP contribution in [0, 0.1) is 0 Å². The molecule has 1 unspecified atom stereocenters. The summed E-state index contributed by atoms with van der Waals surface area (Å²) in [6.07, 6.45) is 24.7. The maximum Gasteiger partial charge on any atom is 0.500 e. The molecule has 0 amide bonds. The van der Waals surface area contributed by atoms with Gasteiger partial charge in [-0.3, -0.25) is 9.91 Å². The Bertz CT molecular complexity index is 743. The summed E-state index contributed by atoms with van der Waals surface area (Å²) in [5, 5.41) is 2.77. The maximum atomic E-state index is 6.94. The van der Waals surface area contributed by atoms with Gasteiger partial charge in [0.05, 0.1) is 0 Å². The molecule has 0 fully saturated rings. The van der Waals surface area contributed by atoms with Gasteiger partial charge in [-0.15, -0.1) is 0 Å². The molecule has 0 spiro atoms. The van der Waals surface area contributed by atoms with E-state index in [0.717, 1.165) is 48.7 Å². The van der Waals surface area contributed by atoms with Crippen LogP contribution in [0.15, 0.2) is 9.98 Å². The van der Waals surface area contributed by atoms with E-state index >= 15 is 0 Å². The van der Waals surface area contributed by atoms with E-state index in [2.05, 4.69) is 25.7 Å². The van der Waals surface area contributed by atoms with Gasteiger partial charge in [0, 0.05) is 51.1 Å². The maximum absolute atomic E-state index is 6.94. The first-order valence-corrected chi connectivity index (χ1v) is 22.4. The van der Waals surface area contributed by atoms with E-state index in [1.807, 2.05) is 37.5 Å². The third-order valence-electron chi connectivity index (χ3n) is 8.63. The number of nitrogens with two attached hydrogens (primary N) is 1. The molecule has 0 saturated heterocycles. The summed E-state index contributed by atoms with van der Waals surface area (Å²) < 4.78 is 18.4. The van der Waals surface area contributed by atoms with E-state index in [1.54, 1.807) is 0 Å². The largest absolute Gasteiger partial charge is 0.500 e. The molecular weight excluding hydrogens is 611 g/mol. The second-order valence-electron chi connectivity index (χ2n) is 12.7. The van der Waals surface area contributed by atoms with Crippen LogP contribution in [-0.2, 0) is 13.3 Å². The molecule has 0 aromatic heterocycles. The van der Waals surface area contributed by atoms with Crippen LogP contribution in [0.25, 0.3) is 0 Å². The molecule has 10 heteroatoms. The van der Waals surface area contributed by atoms with Crippen LogP contribution in [-0.4, -0.2) is 74.7 Å². The quantitative estimate of drug-likeness (QED) is 0.0429. The van der Waals surface area contributed by atoms with Gasteiger partial charge in [-0.1, -0.05) is 129 Å². The molecule has 0 bridgehead atoms. The van der Waals surface area contributed by atoms with Crippen LogP contribution in [0.1, 0.15) is 170 Å². The third kappa shape index (κ3) is 19.5. The lowest BCUT2D eigenvalue weighted by Crippen LogP contribution is -2.56. The summed E-state index contributed by atoms with van der Waals surface area (Å²) >= 11 is 1.81. The summed E-state index contributed by atoms with van der Waals surface area (Å²) in [6, 6.07) is 0.761. The van der Waals surface area contributed by atoms with Gasteiger partial charge in [-0.2, -0.15) is 0 Å². The zero-order chi connectivity index (χ0) is 33.7. The fourth-order valence-corrected chi connectivity index (χ4v) is 9.53. The molecule has 272 valence electrons. The molecule has 2 N–H and O–H groups in total. The highest BCUT2D eigenvalue weighted by atomic mass is 32.2. The Labute approximate surface area is 290 Å². The number of hydrazine groups is 1. The summed E-state index contributed by atoms with van der Waals surface area (Å²) in [5.74, 6) is 8.92. The van der Waals surface area contributed by atoms with Crippen LogP contribution < -0.4 is 5.84 Å². The van der Waals surface area contributed by atoms with Gasteiger partial charge in [-0.05, 0) is 46.5 Å². The lowest BCUT2D eigenvalue weighted by Gasteiger charge is -2.38. The monoisotopic (exact) mass is 686 g/mol. The molecule has 8 nitrogen and oxygen atoms in total. The van der Waals surface area contributed by atoms with Crippen molar-refractivity contribution in [2.45, 2.75) is 182 Å². The minimum atomic E-state index is -2.72. The highest BCUT2D eigenvalue weighted by Crippen LogP contribution is 2.25. The third-order valence-corrected chi connectivity index (χ3v) is 12.7. The highest BCUT2D eigenvalue weighted by Gasteiger charge is 2.40. The summed E-state index contributed by atoms with van der Waals surface area (Å²) in [6.45, 7) is 16.7. The minimum absolute atomic E-state index is 0.196. The van der Waals surface area contributed by atoms with E-state index in [1.165, 1.54) is 116 Å². The van der Waals surface area contributed by atoms with Crippen molar-refractivity contribution in [2.75, 3.05) is 38.7 Å². The van der Waals surface area contributed by atoms with Crippen molar-refractivity contribution < 1.29 is 13.3 Å². The van der Waals surface area contributed by atoms with Gasteiger partial charge in [0.2, 0.25) is 0 Å². The van der Waals surface area contributed by atoms with Crippen molar-refractivity contribution in [1.82, 2.24) is 9.91 Å². The topological polar surface area (TPSA) is 84.9 Å². The lowest BCUT2D eigenvalue weighted by molar-refractivity contribution is 0.0706. The Hall–Kier alpha value is -0.493. The van der Waals surface area contributed by atoms with Crippen molar-refractivity contribution in [3.8, 4) is 0 Å². The summed E-state index contributed by atoms with van der Waals surface area (Å²) in [7, 11) is -2.72. The summed E-state index contributed by atoms with van der Waals surface area (Å²) in [4.78, 5) is 12.8. The Morgan fingerprint density at radius 1 is 0.652 bits per heavy atom. The average Bonchev–Trinajstić information content (AvgIpc) is 3.04. The average molecular weight is 686 g/mol. The molecule has 0 radical (unpaired) electrons. The van der Waals surface area contributed by atoms with Crippen molar-refractivity contribution in [3.05, 3.63) is 0 Å². The number of hydrogen-bond acceptors (Lipinski definition) is 9. The van der Waals surface area contributed by atoms with Gasteiger partial charge < -0.3 is 13.3 Å². The fraction of sp³-hybridized carbons (Fsp3) is 0.944. The standard InChI is InChI=1S/C36H75N5O3SSi/c1-7-13-16-19-22-25-30-40(31-26-23-20-17-14-8-2)36-39-35(45-32-27-24-21-18-15-9-3)38-34(41(36)37)29-28-33-46(42-10-4,43-11-5)44-12-6/h36H,7-33,37H2,1-6H3. The molecule has 0 aromatic rings. The van der Waals surface area contributed by atoms with Gasteiger partial charge in [0.1, 0.15) is 5.84 Å². The summed E-state index contributed by atoms with van der Waals surface area (Å²) in [5.41, 5.74) is 0. The minimum Gasteiger partial charge on any atom is -0.374 e. The van der Waals surface area contributed by atoms with Crippen LogP contribution in [0.5, 0.6) is 0 Å². The molecule has 1 aliphatic rings. The van der Waals surface area contributed by atoms with Gasteiger partial charge in [0.25, 0.3) is 0 Å². The van der Waals surface area contributed by atoms with Crippen LogP contribution >= 0.6 is 11.8 Å². The van der Waals surface area contributed by atoms with Crippen molar-refractivity contribution in [2.24, 2.45) is 15.8 Å². The van der Waals surface area contributed by atoms with Gasteiger partial charge in [-0.25, -0.2) is 15.8 Å². The molecule has 1 aliphatic heterocycles. The van der Waals surface area contributed by atoms with E-state index in [0.29, 0.717) is 19.8 Å². The molecular formula is C36H75N5O3SSi. The van der Waals surface area contributed by atoms with Crippen molar-refractivity contribution in [3.63, 3.8) is 0 Å². The number of aliphatic imine (C=N–C) groups is 2. The first kappa shape index (κ1) is 43.5. The van der Waals surface area contributed by atoms with Gasteiger partial charge in [0.15, 0.2) is 11.5 Å². The number of unbranched alkanes of at least 4 members (excludes halogenated alkanes) is 15. The first-order chi connectivity index (χ1) is 22.5. The molecule has 1 rings (SSSR count). The second-order valence-corrected chi connectivity index (χ2v) is 16.5. The Morgan fingerprint density at radius 3 is 1.59 bits per heavy atom. The van der Waals surface area contributed by atoms with Crippen LogP contribution in [0.2, 0.25) is 6.04 Å². The number of rotatable bonds is 32. The van der Waals surface area contributed by atoms with Crippen LogP contribution in [0.4, 0.5) is 0 Å². The molecule has 0 aromatic carbocycles. The first-order valence-electron chi connectivity index (χ1n) is 19.5. The Balaban J connectivity index is 3.05. The molecule has 1 atom stereocenters. The van der Waals surface area contributed by atoms with Crippen molar-refractivity contribution >= 4 is 31.6 Å². The fourth-order valence-electron chi connectivity index (χ4n) is 6.05. The molecule has 0 aliphatic carbocycles. The number of hydrogen-bond donors (Lipinski definition) is 1. The smallest absolute Gasteiger partial charge is 0.374 e. The molecule has 46 heavy (non-hydrogen) atoms. The normalized spacial score (nSPS) is 15.6. The molecule has 0 saturated carbocycles. The van der Waals surface area contributed by atoms with Crippen LogP contribution in [0.3, 0.4) is 0 Å².